The van der Waals surface area contributed by atoms with E-state index in [1.165, 1.54) is 0 Å². The first-order valence-electron chi connectivity index (χ1n) is 7.07. The second-order valence-electron chi connectivity index (χ2n) is 4.79. The first-order chi connectivity index (χ1) is 9.35. The third kappa shape index (κ3) is 3.85. The molecule has 2 N–H and O–H groups in total. The Morgan fingerprint density at radius 2 is 2.16 bits per heavy atom. The van der Waals surface area contributed by atoms with E-state index in [1.807, 2.05) is 12.1 Å². The van der Waals surface area contributed by atoms with Gasteiger partial charge in [0.1, 0.15) is 0 Å². The quantitative estimate of drug-likeness (QED) is 0.827. The Labute approximate surface area is 114 Å². The molecule has 0 saturated heterocycles. The summed E-state index contributed by atoms with van der Waals surface area (Å²) in [5, 5.41) is 12.5. The molecule has 19 heavy (non-hydrogen) atoms. The molecule has 1 unspecified atom stereocenters. The van der Waals surface area contributed by atoms with Gasteiger partial charge < -0.3 is 19.9 Å². The number of rotatable bonds is 6. The summed E-state index contributed by atoms with van der Waals surface area (Å²) in [5.41, 5.74) is 1.12. The van der Waals surface area contributed by atoms with Crippen LogP contribution in [0.1, 0.15) is 31.7 Å². The van der Waals surface area contributed by atoms with Crippen LogP contribution < -0.4 is 14.8 Å². The number of para-hydroxylation sites is 1. The van der Waals surface area contributed by atoms with Crippen LogP contribution in [0.2, 0.25) is 0 Å². The normalized spacial score (nSPS) is 15.9. The highest BCUT2D eigenvalue weighted by Gasteiger charge is 2.15. The maximum atomic E-state index is 9.01. The molecule has 2 rings (SSSR count). The molecule has 1 aromatic carbocycles. The van der Waals surface area contributed by atoms with Gasteiger partial charge in [-0.05, 0) is 18.9 Å². The van der Waals surface area contributed by atoms with E-state index in [2.05, 4.69) is 18.3 Å². The Morgan fingerprint density at radius 1 is 1.32 bits per heavy atom. The van der Waals surface area contributed by atoms with Crippen LogP contribution in [0.15, 0.2) is 18.2 Å². The maximum absolute atomic E-state index is 9.01. The number of aliphatic hydroxyl groups excluding tert-OH is 1. The number of aliphatic hydroxyl groups is 1. The highest BCUT2D eigenvalue weighted by atomic mass is 16.5. The van der Waals surface area contributed by atoms with Crippen LogP contribution in [0.25, 0.3) is 0 Å². The number of fused-ring (bicyclic) bond motifs is 1. The molecule has 4 nitrogen and oxygen atoms in total. The molecule has 1 aliphatic heterocycles. The van der Waals surface area contributed by atoms with Gasteiger partial charge in [-0.1, -0.05) is 19.1 Å². The lowest BCUT2D eigenvalue weighted by Gasteiger charge is -2.18. The number of hydrogen-bond acceptors (Lipinski definition) is 4. The minimum Gasteiger partial charge on any atom is -0.490 e. The van der Waals surface area contributed by atoms with Crippen LogP contribution in [0.5, 0.6) is 11.5 Å². The Bertz CT molecular complexity index is 395. The lowest BCUT2D eigenvalue weighted by molar-refractivity contribution is 0.261. The third-order valence-electron chi connectivity index (χ3n) is 3.40. The molecule has 1 atom stereocenters. The lowest BCUT2D eigenvalue weighted by atomic mass is 10.1. The fraction of sp³-hybridized carbons (Fsp3) is 0.600. The SMILES string of the molecule is CCC(CCO)NCc1cccc2c1OCCCO2. The Balaban J connectivity index is 2.03. The van der Waals surface area contributed by atoms with Crippen molar-refractivity contribution in [1.29, 1.82) is 0 Å². The van der Waals surface area contributed by atoms with E-state index < -0.39 is 0 Å². The zero-order valence-electron chi connectivity index (χ0n) is 11.5. The minimum absolute atomic E-state index is 0.220. The molecule has 1 aliphatic rings. The van der Waals surface area contributed by atoms with E-state index in [0.29, 0.717) is 19.3 Å². The van der Waals surface area contributed by atoms with Gasteiger partial charge in [0, 0.05) is 31.2 Å². The summed E-state index contributed by atoms with van der Waals surface area (Å²) in [6.45, 7) is 4.51. The van der Waals surface area contributed by atoms with E-state index in [0.717, 1.165) is 42.9 Å². The van der Waals surface area contributed by atoms with Crippen molar-refractivity contribution in [2.45, 2.75) is 38.8 Å². The number of hydrogen-bond donors (Lipinski definition) is 2. The Morgan fingerprint density at radius 3 is 2.95 bits per heavy atom. The van der Waals surface area contributed by atoms with Crippen molar-refractivity contribution in [1.82, 2.24) is 5.32 Å². The van der Waals surface area contributed by atoms with E-state index in [9.17, 15) is 0 Å². The predicted molar refractivity (Wildman–Crippen MR) is 74.7 cm³/mol. The minimum atomic E-state index is 0.220. The summed E-state index contributed by atoms with van der Waals surface area (Å²) in [6.07, 6.45) is 2.71. The van der Waals surface area contributed by atoms with Crippen molar-refractivity contribution < 1.29 is 14.6 Å². The molecular weight excluding hydrogens is 242 g/mol. The van der Waals surface area contributed by atoms with Gasteiger partial charge >= 0.3 is 0 Å². The zero-order chi connectivity index (χ0) is 13.5. The van der Waals surface area contributed by atoms with E-state index >= 15 is 0 Å². The van der Waals surface area contributed by atoms with Crippen molar-refractivity contribution in [3.8, 4) is 11.5 Å². The van der Waals surface area contributed by atoms with Gasteiger partial charge in [0.2, 0.25) is 0 Å². The van der Waals surface area contributed by atoms with Crippen molar-refractivity contribution in [3.05, 3.63) is 23.8 Å². The van der Waals surface area contributed by atoms with Crippen molar-refractivity contribution >= 4 is 0 Å². The van der Waals surface area contributed by atoms with Gasteiger partial charge in [-0.2, -0.15) is 0 Å². The monoisotopic (exact) mass is 265 g/mol. The zero-order valence-corrected chi connectivity index (χ0v) is 11.5. The maximum Gasteiger partial charge on any atom is 0.165 e. The summed E-state index contributed by atoms with van der Waals surface area (Å²) in [6, 6.07) is 6.35. The van der Waals surface area contributed by atoms with Gasteiger partial charge in [-0.3, -0.25) is 0 Å². The first kappa shape index (κ1) is 14.2. The van der Waals surface area contributed by atoms with Gasteiger partial charge in [0.05, 0.1) is 13.2 Å². The molecular formula is C15H23NO3. The third-order valence-corrected chi connectivity index (χ3v) is 3.40. The Kier molecular flexibility index (Phi) is 5.48. The van der Waals surface area contributed by atoms with E-state index in [1.54, 1.807) is 0 Å². The molecule has 0 fully saturated rings. The summed E-state index contributed by atoms with van der Waals surface area (Å²) in [5.74, 6) is 1.71. The molecule has 0 saturated carbocycles. The molecule has 0 bridgehead atoms. The van der Waals surface area contributed by atoms with E-state index in [-0.39, 0.29) is 6.61 Å². The smallest absolute Gasteiger partial charge is 0.165 e. The van der Waals surface area contributed by atoms with E-state index in [4.69, 9.17) is 14.6 Å². The van der Waals surface area contributed by atoms with Crippen LogP contribution in [0.4, 0.5) is 0 Å². The average molecular weight is 265 g/mol. The standard InChI is InChI=1S/C15H23NO3/c1-2-13(7-8-17)16-11-12-5-3-6-14-15(12)19-10-4-9-18-14/h3,5-6,13,16-17H,2,4,7-11H2,1H3. The molecule has 4 heteroatoms. The van der Waals surface area contributed by atoms with Gasteiger partial charge in [-0.15, -0.1) is 0 Å². The molecule has 1 heterocycles. The first-order valence-corrected chi connectivity index (χ1v) is 7.07. The van der Waals surface area contributed by atoms with Crippen molar-refractivity contribution in [2.24, 2.45) is 0 Å². The Hall–Kier alpha value is -1.26. The fourth-order valence-electron chi connectivity index (χ4n) is 2.25. The van der Waals surface area contributed by atoms with Crippen LogP contribution in [-0.4, -0.2) is 31.0 Å². The molecule has 1 aromatic rings. The van der Waals surface area contributed by atoms with Gasteiger partial charge in [0.25, 0.3) is 0 Å². The highest BCUT2D eigenvalue weighted by molar-refractivity contribution is 5.47. The molecule has 0 radical (unpaired) electrons. The fourth-order valence-corrected chi connectivity index (χ4v) is 2.25. The number of benzene rings is 1. The van der Waals surface area contributed by atoms with Crippen molar-refractivity contribution in [2.75, 3.05) is 19.8 Å². The van der Waals surface area contributed by atoms with Gasteiger partial charge in [0.15, 0.2) is 11.5 Å². The van der Waals surface area contributed by atoms with Gasteiger partial charge in [-0.25, -0.2) is 0 Å². The van der Waals surface area contributed by atoms with Crippen LogP contribution >= 0.6 is 0 Å². The predicted octanol–water partition coefficient (Wildman–Crippen LogP) is 2.10. The van der Waals surface area contributed by atoms with Crippen LogP contribution in [0, 0.1) is 0 Å². The molecule has 0 aromatic heterocycles. The average Bonchev–Trinajstić information content (AvgIpc) is 2.69. The summed E-state index contributed by atoms with van der Waals surface area (Å²) < 4.78 is 11.5. The van der Waals surface area contributed by atoms with Crippen LogP contribution in [0.3, 0.4) is 0 Å². The number of ether oxygens (including phenoxy) is 2. The molecule has 106 valence electrons. The summed E-state index contributed by atoms with van der Waals surface area (Å²) in [4.78, 5) is 0. The number of nitrogens with one attached hydrogen (secondary N) is 1. The largest absolute Gasteiger partial charge is 0.490 e. The lowest BCUT2D eigenvalue weighted by Crippen LogP contribution is -2.29. The summed E-state index contributed by atoms with van der Waals surface area (Å²) in [7, 11) is 0. The van der Waals surface area contributed by atoms with Crippen LogP contribution in [-0.2, 0) is 6.54 Å². The highest BCUT2D eigenvalue weighted by Crippen LogP contribution is 2.33. The second-order valence-corrected chi connectivity index (χ2v) is 4.79. The second kappa shape index (κ2) is 7.36. The topological polar surface area (TPSA) is 50.7 Å². The molecule has 0 aliphatic carbocycles. The molecule has 0 spiro atoms. The summed E-state index contributed by atoms with van der Waals surface area (Å²) >= 11 is 0. The molecule has 0 amide bonds. The van der Waals surface area contributed by atoms with Crippen molar-refractivity contribution in [3.63, 3.8) is 0 Å².